The molecule has 1 aliphatic rings. The predicted octanol–water partition coefficient (Wildman–Crippen LogP) is 8.02. The molecule has 0 N–H and O–H groups in total. The monoisotopic (exact) mass is 440 g/mol. The van der Waals surface area contributed by atoms with Gasteiger partial charge in [0.15, 0.2) is 0 Å². The summed E-state index contributed by atoms with van der Waals surface area (Å²) in [6.45, 7) is 0. The van der Waals surface area contributed by atoms with Gasteiger partial charge >= 0.3 is 0 Å². The fourth-order valence-electron chi connectivity index (χ4n) is 5.32. The third-order valence-corrected chi connectivity index (χ3v) is 8.71. The Kier molecular flexibility index (Phi) is 4.93. The van der Waals surface area contributed by atoms with Gasteiger partial charge in [0.05, 0.1) is 9.49 Å². The van der Waals surface area contributed by atoms with E-state index in [1.807, 2.05) is 11.8 Å². The molecule has 0 nitrogen and oxygen atoms in total. The van der Waals surface area contributed by atoms with E-state index in [0.717, 1.165) is 0 Å². The van der Waals surface area contributed by atoms with Gasteiger partial charge in [-0.3, -0.25) is 0 Å². The molecule has 0 amide bonds. The van der Waals surface area contributed by atoms with E-state index in [1.165, 1.54) is 33.4 Å². The van der Waals surface area contributed by atoms with Gasteiger partial charge in [-0.1, -0.05) is 146 Å². The lowest BCUT2D eigenvalue weighted by Crippen LogP contribution is -2.26. The van der Waals surface area contributed by atoms with Crippen molar-refractivity contribution in [2.75, 3.05) is 0 Å². The van der Waals surface area contributed by atoms with Crippen molar-refractivity contribution in [2.45, 2.75) is 9.49 Å². The number of hydrogen-bond acceptors (Lipinski definition) is 1. The zero-order valence-corrected chi connectivity index (χ0v) is 19.1. The minimum Gasteiger partial charge on any atom is -0.119 e. The van der Waals surface area contributed by atoms with E-state index in [2.05, 4.69) is 146 Å². The van der Waals surface area contributed by atoms with Crippen LogP contribution >= 0.6 is 11.8 Å². The van der Waals surface area contributed by atoms with Crippen LogP contribution in [0.25, 0.3) is 0 Å². The number of benzene rings is 5. The summed E-state index contributed by atoms with van der Waals surface area (Å²) in [6, 6.07) is 53.0. The first kappa shape index (κ1) is 20.1. The largest absolute Gasteiger partial charge is 0.119 e. The molecule has 0 bridgehead atoms. The molecule has 1 aliphatic heterocycles. The standard InChI is InChI=1S/C32H24S/c1-5-15-25(16-6-1)31(26-17-7-2-8-18-26)29-23-13-14-24-30(29)32(33-31,27-19-9-3-10-20-27)28-21-11-4-12-22-28/h1-24H. The minimum absolute atomic E-state index is 0.329. The average molecular weight is 441 g/mol. The SMILES string of the molecule is c1ccc(C2(c3ccccc3)SC(c3ccccc3)(c3ccccc3)c3ccccc32)cc1. The molecular formula is C32H24S. The number of fused-ring (bicyclic) bond motifs is 1. The molecule has 6 rings (SSSR count). The molecule has 0 saturated carbocycles. The van der Waals surface area contributed by atoms with E-state index in [1.54, 1.807) is 0 Å². The zero-order chi connectivity index (χ0) is 22.1. The molecule has 5 aromatic rings. The Morgan fingerprint density at radius 1 is 0.303 bits per heavy atom. The lowest BCUT2D eigenvalue weighted by atomic mass is 9.76. The highest BCUT2D eigenvalue weighted by molar-refractivity contribution is 8.02. The summed E-state index contributed by atoms with van der Waals surface area (Å²) in [7, 11) is 0. The first-order valence-electron chi connectivity index (χ1n) is 11.4. The van der Waals surface area contributed by atoms with Crippen molar-refractivity contribution in [3.05, 3.63) is 179 Å². The van der Waals surface area contributed by atoms with Gasteiger partial charge in [-0.2, -0.15) is 0 Å². The van der Waals surface area contributed by atoms with Crippen LogP contribution in [-0.4, -0.2) is 0 Å². The zero-order valence-electron chi connectivity index (χ0n) is 18.3. The molecule has 158 valence electrons. The molecule has 0 saturated heterocycles. The van der Waals surface area contributed by atoms with Crippen molar-refractivity contribution >= 4 is 11.8 Å². The summed E-state index contributed by atoms with van der Waals surface area (Å²) in [4.78, 5) is 0. The Labute approximate surface area is 200 Å². The molecule has 0 aliphatic carbocycles. The van der Waals surface area contributed by atoms with E-state index in [4.69, 9.17) is 0 Å². The Hall–Kier alpha value is -3.55. The van der Waals surface area contributed by atoms with Gasteiger partial charge in [0.1, 0.15) is 0 Å². The third-order valence-electron chi connectivity index (χ3n) is 6.71. The quantitative estimate of drug-likeness (QED) is 0.273. The van der Waals surface area contributed by atoms with Crippen LogP contribution in [-0.2, 0) is 9.49 Å². The maximum Gasteiger partial charge on any atom is 0.0926 e. The number of hydrogen-bond donors (Lipinski definition) is 0. The summed E-state index contributed by atoms with van der Waals surface area (Å²) in [5, 5.41) is 0. The van der Waals surface area contributed by atoms with Crippen LogP contribution in [0.3, 0.4) is 0 Å². The van der Waals surface area contributed by atoms with Crippen molar-refractivity contribution in [3.8, 4) is 0 Å². The van der Waals surface area contributed by atoms with Crippen molar-refractivity contribution < 1.29 is 0 Å². The molecule has 0 unspecified atom stereocenters. The van der Waals surface area contributed by atoms with Gasteiger partial charge in [-0.25, -0.2) is 0 Å². The highest BCUT2D eigenvalue weighted by atomic mass is 32.2. The normalized spacial score (nSPS) is 15.6. The van der Waals surface area contributed by atoms with Crippen LogP contribution in [0, 0.1) is 0 Å². The maximum atomic E-state index is 2.33. The van der Waals surface area contributed by atoms with Crippen LogP contribution in [0.2, 0.25) is 0 Å². The third kappa shape index (κ3) is 3.00. The van der Waals surface area contributed by atoms with E-state index < -0.39 is 0 Å². The summed E-state index contributed by atoms with van der Waals surface area (Å²) >= 11 is 2.05. The van der Waals surface area contributed by atoms with Gasteiger partial charge < -0.3 is 0 Å². The van der Waals surface area contributed by atoms with E-state index in [9.17, 15) is 0 Å². The van der Waals surface area contributed by atoms with E-state index in [0.29, 0.717) is 0 Å². The Bertz CT molecular complexity index is 1170. The van der Waals surface area contributed by atoms with Gasteiger partial charge in [0, 0.05) is 0 Å². The van der Waals surface area contributed by atoms with Gasteiger partial charge in [-0.05, 0) is 33.4 Å². The number of rotatable bonds is 4. The van der Waals surface area contributed by atoms with Crippen molar-refractivity contribution in [2.24, 2.45) is 0 Å². The molecule has 0 radical (unpaired) electrons. The average Bonchev–Trinajstić information content (AvgIpc) is 3.24. The van der Waals surface area contributed by atoms with Crippen LogP contribution in [0.1, 0.15) is 33.4 Å². The molecule has 1 heterocycles. The lowest BCUT2D eigenvalue weighted by Gasteiger charge is -2.36. The summed E-state index contributed by atoms with van der Waals surface area (Å²) in [5.41, 5.74) is 7.95. The fraction of sp³-hybridized carbons (Fsp3) is 0.0625. The Morgan fingerprint density at radius 2 is 0.545 bits per heavy atom. The highest BCUT2D eigenvalue weighted by Gasteiger charge is 2.56. The highest BCUT2D eigenvalue weighted by Crippen LogP contribution is 2.68. The van der Waals surface area contributed by atoms with Gasteiger partial charge in [0.2, 0.25) is 0 Å². The molecule has 0 spiro atoms. The van der Waals surface area contributed by atoms with E-state index in [-0.39, 0.29) is 9.49 Å². The van der Waals surface area contributed by atoms with E-state index >= 15 is 0 Å². The van der Waals surface area contributed by atoms with Crippen LogP contribution in [0.5, 0.6) is 0 Å². The van der Waals surface area contributed by atoms with Gasteiger partial charge in [-0.15, -0.1) is 11.8 Å². The Balaban J connectivity index is 1.75. The summed E-state index contributed by atoms with van der Waals surface area (Å²) in [5.74, 6) is 0. The second-order valence-electron chi connectivity index (χ2n) is 8.47. The first-order chi connectivity index (χ1) is 16.4. The molecule has 0 aromatic heterocycles. The Morgan fingerprint density at radius 3 is 0.818 bits per heavy atom. The lowest BCUT2D eigenvalue weighted by molar-refractivity contribution is 0.893. The van der Waals surface area contributed by atoms with Crippen molar-refractivity contribution in [1.82, 2.24) is 0 Å². The topological polar surface area (TPSA) is 0 Å². The maximum absolute atomic E-state index is 2.33. The van der Waals surface area contributed by atoms with Gasteiger partial charge in [0.25, 0.3) is 0 Å². The summed E-state index contributed by atoms with van der Waals surface area (Å²) in [6.07, 6.45) is 0. The molecule has 33 heavy (non-hydrogen) atoms. The molecule has 5 aromatic carbocycles. The van der Waals surface area contributed by atoms with Crippen molar-refractivity contribution in [1.29, 1.82) is 0 Å². The second-order valence-corrected chi connectivity index (χ2v) is 9.90. The van der Waals surface area contributed by atoms with Crippen LogP contribution < -0.4 is 0 Å². The minimum atomic E-state index is -0.329. The first-order valence-corrected chi connectivity index (χ1v) is 12.2. The second kappa shape index (κ2) is 8.10. The smallest absolute Gasteiger partial charge is 0.0926 e. The molecule has 0 fully saturated rings. The van der Waals surface area contributed by atoms with Crippen LogP contribution in [0.4, 0.5) is 0 Å². The molecule has 1 heteroatoms. The fourth-order valence-corrected chi connectivity index (χ4v) is 7.37. The summed E-state index contributed by atoms with van der Waals surface area (Å²) < 4.78 is -0.657. The number of thioether (sulfide) groups is 1. The molecule has 0 atom stereocenters. The van der Waals surface area contributed by atoms with Crippen LogP contribution in [0.15, 0.2) is 146 Å². The molecular weight excluding hydrogens is 416 g/mol. The predicted molar refractivity (Wildman–Crippen MR) is 140 cm³/mol. The van der Waals surface area contributed by atoms with Crippen molar-refractivity contribution in [3.63, 3.8) is 0 Å².